The Balaban J connectivity index is 1.57. The number of rotatable bonds is 4. The van der Waals surface area contributed by atoms with Crippen LogP contribution in [0.3, 0.4) is 0 Å². The van der Waals surface area contributed by atoms with Crippen molar-refractivity contribution in [3.05, 3.63) is 48.6 Å². The van der Waals surface area contributed by atoms with E-state index in [9.17, 15) is 13.2 Å². The maximum atomic E-state index is 12.2. The summed E-state index contributed by atoms with van der Waals surface area (Å²) in [6.45, 7) is 5.03. The van der Waals surface area contributed by atoms with Gasteiger partial charge in [-0.2, -0.15) is 0 Å². The molecule has 2 aliphatic rings. The minimum atomic E-state index is -4.66. The Morgan fingerprint density at radius 2 is 1.80 bits per heavy atom. The molecular formula is C19H21F3O3. The molecule has 3 rings (SSSR count). The lowest BCUT2D eigenvalue weighted by Crippen LogP contribution is -2.36. The summed E-state index contributed by atoms with van der Waals surface area (Å²) >= 11 is 0. The second-order valence-electron chi connectivity index (χ2n) is 6.37. The van der Waals surface area contributed by atoms with Crippen LogP contribution in [0.2, 0.25) is 0 Å². The molecule has 1 aliphatic heterocycles. The fourth-order valence-electron chi connectivity index (χ4n) is 3.18. The van der Waals surface area contributed by atoms with Gasteiger partial charge in [0.05, 0.1) is 13.2 Å². The quantitative estimate of drug-likeness (QED) is 0.717. The van der Waals surface area contributed by atoms with Gasteiger partial charge in [-0.3, -0.25) is 0 Å². The van der Waals surface area contributed by atoms with E-state index in [4.69, 9.17) is 9.47 Å². The lowest BCUT2D eigenvalue weighted by atomic mass is 9.86. The number of alkyl halides is 3. The molecule has 0 saturated carbocycles. The van der Waals surface area contributed by atoms with Crippen molar-refractivity contribution in [1.82, 2.24) is 0 Å². The van der Waals surface area contributed by atoms with Gasteiger partial charge in [-0.05, 0) is 42.5 Å². The summed E-state index contributed by atoms with van der Waals surface area (Å²) in [6.07, 6.45) is 1.73. The molecule has 0 amide bonds. The van der Waals surface area contributed by atoms with Gasteiger partial charge in [-0.15, -0.1) is 19.8 Å². The van der Waals surface area contributed by atoms with E-state index in [1.165, 1.54) is 12.1 Å². The molecule has 0 radical (unpaired) electrons. The molecule has 1 saturated heterocycles. The van der Waals surface area contributed by atoms with Gasteiger partial charge in [0.25, 0.3) is 0 Å². The lowest BCUT2D eigenvalue weighted by molar-refractivity contribution is -0.274. The smallest absolute Gasteiger partial charge is 0.406 e. The Labute approximate surface area is 145 Å². The van der Waals surface area contributed by atoms with Crippen LogP contribution in [0.1, 0.15) is 24.8 Å². The topological polar surface area (TPSA) is 27.7 Å². The first kappa shape index (κ1) is 18.0. The average Bonchev–Trinajstić information content (AvgIpc) is 2.61. The van der Waals surface area contributed by atoms with Crippen molar-refractivity contribution in [2.75, 3.05) is 13.2 Å². The van der Waals surface area contributed by atoms with Crippen molar-refractivity contribution >= 4 is 5.57 Å². The molecule has 0 spiro atoms. The van der Waals surface area contributed by atoms with E-state index in [2.05, 4.69) is 17.4 Å². The van der Waals surface area contributed by atoms with Crippen LogP contribution in [0.4, 0.5) is 13.2 Å². The van der Waals surface area contributed by atoms with E-state index in [-0.39, 0.29) is 18.0 Å². The van der Waals surface area contributed by atoms with Crippen molar-refractivity contribution in [1.29, 1.82) is 0 Å². The Hall–Kier alpha value is -1.79. The minimum absolute atomic E-state index is 0.184. The van der Waals surface area contributed by atoms with Gasteiger partial charge < -0.3 is 14.2 Å². The summed E-state index contributed by atoms with van der Waals surface area (Å²) in [7, 11) is 0. The zero-order chi connectivity index (χ0) is 17.9. The molecule has 1 unspecified atom stereocenters. The molecule has 1 aliphatic carbocycles. The van der Waals surface area contributed by atoms with Gasteiger partial charge in [-0.25, -0.2) is 0 Å². The monoisotopic (exact) mass is 354 g/mol. The van der Waals surface area contributed by atoms with E-state index in [0.717, 1.165) is 30.4 Å². The summed E-state index contributed by atoms with van der Waals surface area (Å²) < 4.78 is 52.1. The van der Waals surface area contributed by atoms with Crippen molar-refractivity contribution in [3.8, 4) is 5.75 Å². The molecule has 6 heteroatoms. The summed E-state index contributed by atoms with van der Waals surface area (Å²) in [5, 5.41) is 0. The third kappa shape index (κ3) is 4.86. The Morgan fingerprint density at radius 3 is 2.32 bits per heavy atom. The van der Waals surface area contributed by atoms with E-state index in [1.807, 2.05) is 6.08 Å². The van der Waals surface area contributed by atoms with Crippen LogP contribution in [0.15, 0.2) is 43.0 Å². The molecule has 0 N–H and O–H groups in total. The third-order valence-corrected chi connectivity index (χ3v) is 4.58. The minimum Gasteiger partial charge on any atom is -0.406 e. The molecule has 3 nitrogen and oxygen atoms in total. The normalized spacial score (nSPS) is 27.5. The van der Waals surface area contributed by atoms with E-state index in [1.54, 1.807) is 12.1 Å². The van der Waals surface area contributed by atoms with Gasteiger partial charge in [0.1, 0.15) is 5.75 Å². The van der Waals surface area contributed by atoms with Crippen LogP contribution < -0.4 is 4.74 Å². The zero-order valence-corrected chi connectivity index (χ0v) is 13.8. The summed E-state index contributed by atoms with van der Waals surface area (Å²) in [5.41, 5.74) is 2.06. The van der Waals surface area contributed by atoms with Gasteiger partial charge in [0.15, 0.2) is 6.29 Å². The molecule has 1 heterocycles. The standard InChI is InChI=1S/C19H21F3O3/c1-2-13-11-23-18(24-12-13)16-5-3-14(4-6-16)15-7-9-17(10-8-15)25-19(20,21)22/h2-3,7-10,13,16,18H,1,4-6,11-12H2. The number of halogens is 3. The summed E-state index contributed by atoms with van der Waals surface area (Å²) in [5.74, 6) is 0.358. The fourth-order valence-corrected chi connectivity index (χ4v) is 3.18. The lowest BCUT2D eigenvalue weighted by Gasteiger charge is -2.34. The van der Waals surface area contributed by atoms with Crippen LogP contribution in [0.5, 0.6) is 5.75 Å². The SMILES string of the molecule is C=CC1COC(C2CC=C(c3ccc(OC(F)(F)F)cc3)CC2)OC1. The molecule has 136 valence electrons. The highest BCUT2D eigenvalue weighted by molar-refractivity contribution is 5.66. The Morgan fingerprint density at radius 1 is 1.12 bits per heavy atom. The summed E-state index contributed by atoms with van der Waals surface area (Å²) in [6, 6.07) is 6.02. The largest absolute Gasteiger partial charge is 0.573 e. The molecule has 0 bridgehead atoms. The van der Waals surface area contributed by atoms with Gasteiger partial charge in [-0.1, -0.05) is 24.3 Å². The highest BCUT2D eigenvalue weighted by Gasteiger charge is 2.31. The molecule has 1 aromatic carbocycles. The average molecular weight is 354 g/mol. The predicted octanol–water partition coefficient (Wildman–Crippen LogP) is 4.94. The Bertz CT molecular complexity index is 614. The first-order valence-electron chi connectivity index (χ1n) is 8.35. The van der Waals surface area contributed by atoms with Crippen LogP contribution in [0, 0.1) is 11.8 Å². The second kappa shape index (κ2) is 7.62. The molecule has 1 atom stereocenters. The van der Waals surface area contributed by atoms with Gasteiger partial charge >= 0.3 is 6.36 Å². The van der Waals surface area contributed by atoms with E-state index < -0.39 is 6.36 Å². The Kier molecular flexibility index (Phi) is 5.49. The summed E-state index contributed by atoms with van der Waals surface area (Å²) in [4.78, 5) is 0. The first-order chi connectivity index (χ1) is 11.9. The van der Waals surface area contributed by atoms with Crippen molar-refractivity contribution in [3.63, 3.8) is 0 Å². The number of hydrogen-bond acceptors (Lipinski definition) is 3. The number of allylic oxidation sites excluding steroid dienone is 2. The first-order valence-corrected chi connectivity index (χ1v) is 8.35. The number of hydrogen-bond donors (Lipinski definition) is 0. The molecule has 1 fully saturated rings. The highest BCUT2D eigenvalue weighted by Crippen LogP contribution is 2.35. The number of ether oxygens (including phenoxy) is 3. The third-order valence-electron chi connectivity index (χ3n) is 4.58. The van der Waals surface area contributed by atoms with Crippen LogP contribution >= 0.6 is 0 Å². The van der Waals surface area contributed by atoms with E-state index >= 15 is 0 Å². The maximum absolute atomic E-state index is 12.2. The maximum Gasteiger partial charge on any atom is 0.573 e. The van der Waals surface area contributed by atoms with Crippen molar-refractivity contribution < 1.29 is 27.4 Å². The zero-order valence-electron chi connectivity index (χ0n) is 13.8. The second-order valence-corrected chi connectivity index (χ2v) is 6.37. The van der Waals surface area contributed by atoms with Crippen LogP contribution in [0.25, 0.3) is 5.57 Å². The highest BCUT2D eigenvalue weighted by atomic mass is 19.4. The predicted molar refractivity (Wildman–Crippen MR) is 87.8 cm³/mol. The van der Waals surface area contributed by atoms with Crippen molar-refractivity contribution in [2.45, 2.75) is 31.9 Å². The van der Waals surface area contributed by atoms with Crippen molar-refractivity contribution in [2.24, 2.45) is 11.8 Å². The fraction of sp³-hybridized carbons (Fsp3) is 0.474. The van der Waals surface area contributed by atoms with E-state index in [0.29, 0.717) is 19.1 Å². The molecule has 0 aromatic heterocycles. The van der Waals surface area contributed by atoms with Crippen LogP contribution in [-0.2, 0) is 9.47 Å². The van der Waals surface area contributed by atoms with Gasteiger partial charge in [0, 0.05) is 11.8 Å². The molecule has 25 heavy (non-hydrogen) atoms. The molecule has 1 aromatic rings. The molecular weight excluding hydrogens is 333 g/mol. The number of benzene rings is 1. The van der Waals surface area contributed by atoms with Gasteiger partial charge in [0.2, 0.25) is 0 Å². The van der Waals surface area contributed by atoms with Crippen LogP contribution in [-0.4, -0.2) is 25.9 Å².